The molecule has 7 nitrogen and oxygen atoms in total. The van der Waals surface area contributed by atoms with Gasteiger partial charge in [-0.15, -0.1) is 0 Å². The third kappa shape index (κ3) is 5.55. The summed E-state index contributed by atoms with van der Waals surface area (Å²) in [7, 11) is 2.63. The van der Waals surface area contributed by atoms with Gasteiger partial charge in [0.2, 0.25) is 5.60 Å². The molecule has 156 valence electrons. The van der Waals surface area contributed by atoms with Crippen molar-refractivity contribution in [3.63, 3.8) is 0 Å². The van der Waals surface area contributed by atoms with Crippen LogP contribution in [-0.4, -0.2) is 74.9 Å². The third-order valence-electron chi connectivity index (χ3n) is 5.02. The molecule has 0 bridgehead atoms. The lowest BCUT2D eigenvalue weighted by molar-refractivity contribution is -0.224. The number of rotatable bonds is 7. The lowest BCUT2D eigenvalue weighted by atomic mass is 9.83. The predicted molar refractivity (Wildman–Crippen MR) is 86.7 cm³/mol. The maximum absolute atomic E-state index is 12.6. The summed E-state index contributed by atoms with van der Waals surface area (Å²) in [5.41, 5.74) is -1.92. The Morgan fingerprint density at radius 3 is 2.22 bits per heavy atom. The molecule has 1 unspecified atom stereocenters. The molecule has 2 aliphatic rings. The van der Waals surface area contributed by atoms with Gasteiger partial charge < -0.3 is 18.9 Å². The average molecular weight is 397 g/mol. The largest absolute Gasteiger partial charge is 0.490 e. The topological polar surface area (TPSA) is 74.3 Å². The number of nitrogens with zero attached hydrogens (tertiary/aromatic N) is 1. The van der Waals surface area contributed by atoms with Crippen LogP contribution in [0.15, 0.2) is 0 Å². The normalized spacial score (nSPS) is 28.0. The van der Waals surface area contributed by atoms with E-state index in [1.165, 1.54) is 0 Å². The summed E-state index contributed by atoms with van der Waals surface area (Å²) < 4.78 is 58.2. The van der Waals surface area contributed by atoms with E-state index in [2.05, 4.69) is 14.4 Å². The summed E-state index contributed by atoms with van der Waals surface area (Å²) in [5.74, 6) is -3.37. The first-order valence-corrected chi connectivity index (χ1v) is 8.99. The molecule has 0 aromatic rings. The minimum atomic E-state index is -5.17. The van der Waals surface area contributed by atoms with Gasteiger partial charge in [0.25, 0.3) is 0 Å². The van der Waals surface area contributed by atoms with Crippen LogP contribution in [-0.2, 0) is 28.5 Å². The molecule has 10 heteroatoms. The lowest BCUT2D eigenvalue weighted by Gasteiger charge is -2.39. The highest BCUT2D eigenvalue weighted by molar-refractivity contribution is 5.85. The molecule has 1 aliphatic carbocycles. The Morgan fingerprint density at radius 1 is 1.15 bits per heavy atom. The Balaban J connectivity index is 1.99. The molecule has 1 atom stereocenters. The SMILES string of the molecule is COCC(OC1CCC(OC(=O)C(F)(F)F)(C(=O)OC)CC1)N1CCCC1. The van der Waals surface area contributed by atoms with Gasteiger partial charge in [0, 0.05) is 33.0 Å². The van der Waals surface area contributed by atoms with Crippen LogP contribution in [0.3, 0.4) is 0 Å². The monoisotopic (exact) mass is 397 g/mol. The highest BCUT2D eigenvalue weighted by Crippen LogP contribution is 2.37. The number of hydrogen-bond acceptors (Lipinski definition) is 7. The summed E-state index contributed by atoms with van der Waals surface area (Å²) in [5, 5.41) is 0. The zero-order valence-electron chi connectivity index (χ0n) is 15.5. The number of carbonyl (C=O) groups is 2. The molecular formula is C17H26F3NO6. The van der Waals surface area contributed by atoms with Crippen LogP contribution in [0.1, 0.15) is 38.5 Å². The van der Waals surface area contributed by atoms with E-state index in [0.717, 1.165) is 33.0 Å². The maximum Gasteiger partial charge on any atom is 0.490 e. The van der Waals surface area contributed by atoms with Crippen molar-refractivity contribution in [2.45, 2.75) is 62.6 Å². The van der Waals surface area contributed by atoms with Crippen molar-refractivity contribution in [3.05, 3.63) is 0 Å². The molecule has 2 fully saturated rings. The molecule has 0 aromatic carbocycles. The molecule has 0 amide bonds. The summed E-state index contributed by atoms with van der Waals surface area (Å²) in [6, 6.07) is 0. The predicted octanol–water partition coefficient (Wildman–Crippen LogP) is 2.03. The highest BCUT2D eigenvalue weighted by atomic mass is 19.4. The molecule has 1 saturated heterocycles. The van der Waals surface area contributed by atoms with E-state index in [-0.39, 0.29) is 38.0 Å². The van der Waals surface area contributed by atoms with E-state index < -0.39 is 23.7 Å². The van der Waals surface area contributed by atoms with Gasteiger partial charge in [-0.25, -0.2) is 9.59 Å². The maximum atomic E-state index is 12.6. The van der Waals surface area contributed by atoms with Crippen LogP contribution in [0, 0.1) is 0 Å². The summed E-state index contributed by atoms with van der Waals surface area (Å²) >= 11 is 0. The number of methoxy groups -OCH3 is 2. The Morgan fingerprint density at radius 2 is 1.74 bits per heavy atom. The molecule has 1 heterocycles. The van der Waals surface area contributed by atoms with Gasteiger partial charge in [-0.1, -0.05) is 0 Å². The molecule has 1 aliphatic heterocycles. The quantitative estimate of drug-likeness (QED) is 0.609. The first-order chi connectivity index (χ1) is 12.7. The highest BCUT2D eigenvalue weighted by Gasteiger charge is 2.52. The Kier molecular flexibility index (Phi) is 7.47. The van der Waals surface area contributed by atoms with E-state index in [9.17, 15) is 22.8 Å². The van der Waals surface area contributed by atoms with Gasteiger partial charge in [0.05, 0.1) is 19.8 Å². The smallest absolute Gasteiger partial charge is 0.466 e. The second-order valence-corrected chi connectivity index (χ2v) is 6.86. The van der Waals surface area contributed by atoms with Gasteiger partial charge in [0.1, 0.15) is 6.23 Å². The number of hydrogen-bond donors (Lipinski definition) is 0. The summed E-state index contributed by atoms with van der Waals surface area (Å²) in [6.45, 7) is 2.17. The molecular weight excluding hydrogens is 371 g/mol. The minimum Gasteiger partial charge on any atom is -0.466 e. The Hall–Kier alpha value is -1.39. The van der Waals surface area contributed by atoms with Crippen molar-refractivity contribution in [2.75, 3.05) is 33.9 Å². The zero-order chi connectivity index (χ0) is 20.1. The van der Waals surface area contributed by atoms with Crippen molar-refractivity contribution < 1.29 is 41.7 Å². The number of likely N-dealkylation sites (tertiary alicyclic amines) is 1. The molecule has 1 saturated carbocycles. The van der Waals surface area contributed by atoms with Gasteiger partial charge in [-0.05, 0) is 25.7 Å². The van der Waals surface area contributed by atoms with Crippen molar-refractivity contribution >= 4 is 11.9 Å². The Bertz CT molecular complexity index is 513. The van der Waals surface area contributed by atoms with E-state index in [0.29, 0.717) is 6.61 Å². The fourth-order valence-electron chi connectivity index (χ4n) is 3.59. The van der Waals surface area contributed by atoms with Gasteiger partial charge in [-0.3, -0.25) is 4.90 Å². The van der Waals surface area contributed by atoms with Crippen molar-refractivity contribution in [3.8, 4) is 0 Å². The Labute approximate surface area is 156 Å². The van der Waals surface area contributed by atoms with Gasteiger partial charge in [0.15, 0.2) is 0 Å². The van der Waals surface area contributed by atoms with Crippen molar-refractivity contribution in [2.24, 2.45) is 0 Å². The van der Waals surface area contributed by atoms with Gasteiger partial charge >= 0.3 is 18.1 Å². The molecule has 27 heavy (non-hydrogen) atoms. The number of esters is 2. The standard InChI is InChI=1S/C17H26F3NO6/c1-24-11-13(21-9-3-4-10-21)26-12-5-7-16(8-6-12,14(22)25-2)27-15(23)17(18,19)20/h12-13H,3-11H2,1-2H3. The third-order valence-corrected chi connectivity index (χ3v) is 5.02. The van der Waals surface area contributed by atoms with E-state index in [1.807, 2.05) is 0 Å². The lowest BCUT2D eigenvalue weighted by Crippen LogP contribution is -2.51. The molecule has 2 rings (SSSR count). The minimum absolute atomic E-state index is 0.0914. The van der Waals surface area contributed by atoms with E-state index >= 15 is 0 Å². The van der Waals surface area contributed by atoms with E-state index in [1.54, 1.807) is 7.11 Å². The van der Waals surface area contributed by atoms with Crippen LogP contribution < -0.4 is 0 Å². The van der Waals surface area contributed by atoms with Crippen molar-refractivity contribution in [1.29, 1.82) is 0 Å². The molecule has 0 aromatic heterocycles. The fourth-order valence-corrected chi connectivity index (χ4v) is 3.59. The average Bonchev–Trinajstić information content (AvgIpc) is 3.16. The number of carbonyl (C=O) groups excluding carboxylic acids is 2. The number of alkyl halides is 3. The fraction of sp³-hybridized carbons (Fsp3) is 0.882. The molecule has 0 spiro atoms. The first kappa shape index (κ1) is 21.9. The van der Waals surface area contributed by atoms with Crippen LogP contribution >= 0.6 is 0 Å². The molecule has 0 radical (unpaired) electrons. The second kappa shape index (κ2) is 9.20. The van der Waals surface area contributed by atoms with Crippen molar-refractivity contribution in [1.82, 2.24) is 4.90 Å². The van der Waals surface area contributed by atoms with Crippen LogP contribution in [0.5, 0.6) is 0 Å². The number of ether oxygens (including phenoxy) is 4. The summed E-state index contributed by atoms with van der Waals surface area (Å²) in [4.78, 5) is 25.5. The van der Waals surface area contributed by atoms with Crippen LogP contribution in [0.2, 0.25) is 0 Å². The van der Waals surface area contributed by atoms with Gasteiger partial charge in [-0.2, -0.15) is 13.2 Å². The zero-order valence-corrected chi connectivity index (χ0v) is 15.5. The number of halogens is 3. The summed E-state index contributed by atoms with van der Waals surface area (Å²) in [6.07, 6.45) is -3.17. The molecule has 0 N–H and O–H groups in total. The second-order valence-electron chi connectivity index (χ2n) is 6.86. The van der Waals surface area contributed by atoms with Crippen LogP contribution in [0.25, 0.3) is 0 Å². The first-order valence-electron chi connectivity index (χ1n) is 8.99. The van der Waals surface area contributed by atoms with Crippen LogP contribution in [0.4, 0.5) is 13.2 Å². The van der Waals surface area contributed by atoms with E-state index in [4.69, 9.17) is 9.47 Å².